The minimum atomic E-state index is -3.66. The number of hydrogen-bond acceptors (Lipinski definition) is 6. The molecule has 0 radical (unpaired) electrons. The van der Waals surface area contributed by atoms with Gasteiger partial charge in [0.25, 0.3) is 5.91 Å². The van der Waals surface area contributed by atoms with Gasteiger partial charge in [-0.3, -0.25) is 14.5 Å². The highest BCUT2D eigenvalue weighted by Gasteiger charge is 2.26. The number of likely N-dealkylation sites (N-methyl/N-ethyl adjacent to an activating group) is 1. The number of carbonyl (C=O) groups is 2. The van der Waals surface area contributed by atoms with Gasteiger partial charge >= 0.3 is 0 Å². The molecule has 1 heterocycles. The standard InChI is InChI=1S/C19H29N3O5S/c1-5-22-9-7-8-14(22)12-20-19(24)15-10-18(28(25,26)6-2)16(21-13(3)23)11-17(15)27-4/h10-11,14H,5-9,12H2,1-4H3,(H,20,24)(H,21,23). The molecule has 1 fully saturated rings. The van der Waals surface area contributed by atoms with Gasteiger partial charge in [0.05, 0.1) is 29.0 Å². The Morgan fingerprint density at radius 2 is 2.00 bits per heavy atom. The van der Waals surface area contributed by atoms with Gasteiger partial charge in [-0.15, -0.1) is 0 Å². The van der Waals surface area contributed by atoms with Crippen molar-refractivity contribution in [1.29, 1.82) is 0 Å². The molecule has 1 aromatic carbocycles. The fourth-order valence-corrected chi connectivity index (χ4v) is 4.51. The van der Waals surface area contributed by atoms with Gasteiger partial charge in [-0.2, -0.15) is 0 Å². The van der Waals surface area contributed by atoms with Crippen LogP contribution in [-0.4, -0.2) is 63.7 Å². The van der Waals surface area contributed by atoms with E-state index in [0.29, 0.717) is 6.54 Å². The summed E-state index contributed by atoms with van der Waals surface area (Å²) in [6, 6.07) is 2.94. The predicted octanol–water partition coefficient (Wildman–Crippen LogP) is 1.66. The van der Waals surface area contributed by atoms with Gasteiger partial charge in [0.15, 0.2) is 9.84 Å². The van der Waals surface area contributed by atoms with E-state index in [-0.39, 0.29) is 33.7 Å². The number of benzene rings is 1. The van der Waals surface area contributed by atoms with Crippen LogP contribution in [0.3, 0.4) is 0 Å². The number of carbonyl (C=O) groups excluding carboxylic acids is 2. The second-order valence-corrected chi connectivity index (χ2v) is 9.01. The molecule has 1 aliphatic rings. The van der Waals surface area contributed by atoms with Crippen molar-refractivity contribution in [2.24, 2.45) is 0 Å². The highest BCUT2D eigenvalue weighted by atomic mass is 32.2. The number of anilines is 1. The largest absolute Gasteiger partial charge is 0.496 e. The summed E-state index contributed by atoms with van der Waals surface area (Å²) in [4.78, 5) is 26.5. The molecular formula is C19H29N3O5S. The highest BCUT2D eigenvalue weighted by Crippen LogP contribution is 2.31. The smallest absolute Gasteiger partial charge is 0.255 e. The molecule has 1 aromatic rings. The van der Waals surface area contributed by atoms with Crippen LogP contribution in [0.25, 0.3) is 0 Å². The van der Waals surface area contributed by atoms with Gasteiger partial charge in [0.2, 0.25) is 5.91 Å². The van der Waals surface area contributed by atoms with Gasteiger partial charge in [0, 0.05) is 25.6 Å². The number of ether oxygens (including phenoxy) is 1. The summed E-state index contributed by atoms with van der Waals surface area (Å²) in [6.45, 7) is 7.32. The van der Waals surface area contributed by atoms with Crippen molar-refractivity contribution in [3.05, 3.63) is 17.7 Å². The van der Waals surface area contributed by atoms with Crippen LogP contribution in [0.15, 0.2) is 17.0 Å². The van der Waals surface area contributed by atoms with Crippen LogP contribution >= 0.6 is 0 Å². The van der Waals surface area contributed by atoms with Gasteiger partial charge in [-0.25, -0.2) is 8.42 Å². The van der Waals surface area contributed by atoms with Gasteiger partial charge in [-0.05, 0) is 32.0 Å². The SMILES string of the molecule is CCN1CCCC1CNC(=O)c1cc(S(=O)(=O)CC)c(NC(C)=O)cc1OC. The quantitative estimate of drug-likeness (QED) is 0.674. The van der Waals surface area contributed by atoms with Crippen molar-refractivity contribution < 1.29 is 22.7 Å². The third kappa shape index (κ3) is 5.02. The molecule has 0 bridgehead atoms. The summed E-state index contributed by atoms with van der Waals surface area (Å²) >= 11 is 0. The first-order valence-electron chi connectivity index (χ1n) is 9.48. The van der Waals surface area contributed by atoms with Crippen molar-refractivity contribution in [3.63, 3.8) is 0 Å². The molecule has 8 nitrogen and oxygen atoms in total. The molecule has 0 aliphatic carbocycles. The van der Waals surface area contributed by atoms with Crippen LogP contribution < -0.4 is 15.4 Å². The van der Waals surface area contributed by atoms with E-state index >= 15 is 0 Å². The summed E-state index contributed by atoms with van der Waals surface area (Å²) in [6.07, 6.45) is 2.12. The lowest BCUT2D eigenvalue weighted by atomic mass is 10.1. The monoisotopic (exact) mass is 411 g/mol. The molecule has 1 atom stereocenters. The number of sulfone groups is 1. The van der Waals surface area contributed by atoms with E-state index in [1.54, 1.807) is 0 Å². The van der Waals surface area contributed by atoms with Gasteiger partial charge in [0.1, 0.15) is 5.75 Å². The minimum Gasteiger partial charge on any atom is -0.496 e. The van der Waals surface area contributed by atoms with Crippen LogP contribution in [0.2, 0.25) is 0 Å². The van der Waals surface area contributed by atoms with Gasteiger partial charge < -0.3 is 15.4 Å². The molecule has 1 saturated heterocycles. The third-order valence-electron chi connectivity index (χ3n) is 4.98. The van der Waals surface area contributed by atoms with Crippen LogP contribution in [-0.2, 0) is 14.6 Å². The Morgan fingerprint density at radius 1 is 1.29 bits per heavy atom. The predicted molar refractivity (Wildman–Crippen MR) is 108 cm³/mol. The number of hydrogen-bond donors (Lipinski definition) is 2. The highest BCUT2D eigenvalue weighted by molar-refractivity contribution is 7.91. The normalized spacial score (nSPS) is 17.4. The second kappa shape index (κ2) is 9.38. The van der Waals surface area contributed by atoms with E-state index < -0.39 is 21.7 Å². The molecule has 28 heavy (non-hydrogen) atoms. The topological polar surface area (TPSA) is 105 Å². The zero-order chi connectivity index (χ0) is 20.9. The maximum atomic E-state index is 12.8. The molecule has 2 rings (SSSR count). The average Bonchev–Trinajstić information content (AvgIpc) is 3.12. The molecule has 1 unspecified atom stereocenters. The van der Waals surface area contributed by atoms with E-state index in [9.17, 15) is 18.0 Å². The number of methoxy groups -OCH3 is 1. The Balaban J connectivity index is 2.35. The van der Waals surface area contributed by atoms with Crippen molar-refractivity contribution in [2.45, 2.75) is 44.6 Å². The summed E-state index contributed by atoms with van der Waals surface area (Å²) < 4.78 is 30.3. The van der Waals surface area contributed by atoms with Gasteiger partial charge in [-0.1, -0.05) is 13.8 Å². The summed E-state index contributed by atoms with van der Waals surface area (Å²) in [5, 5.41) is 5.40. The van der Waals surface area contributed by atoms with Crippen LogP contribution in [0.1, 0.15) is 44.0 Å². The molecule has 2 amide bonds. The van der Waals surface area contributed by atoms with Crippen LogP contribution in [0.4, 0.5) is 5.69 Å². The Bertz CT molecular complexity index is 838. The third-order valence-corrected chi connectivity index (χ3v) is 6.74. The number of nitrogens with one attached hydrogen (secondary N) is 2. The van der Waals surface area contributed by atoms with E-state index in [2.05, 4.69) is 22.5 Å². The number of nitrogens with zero attached hydrogens (tertiary/aromatic N) is 1. The van der Waals surface area contributed by atoms with Crippen molar-refractivity contribution in [1.82, 2.24) is 10.2 Å². The Kier molecular flexibility index (Phi) is 7.42. The molecule has 0 spiro atoms. The molecule has 156 valence electrons. The molecule has 2 N–H and O–H groups in total. The fraction of sp³-hybridized carbons (Fsp3) is 0.579. The first-order valence-corrected chi connectivity index (χ1v) is 11.1. The Labute approximate surface area is 166 Å². The summed E-state index contributed by atoms with van der Waals surface area (Å²) in [7, 11) is -2.26. The van der Waals surface area contributed by atoms with E-state index in [4.69, 9.17) is 4.74 Å². The molecule has 0 saturated carbocycles. The molecule has 1 aliphatic heterocycles. The lowest BCUT2D eigenvalue weighted by molar-refractivity contribution is -0.114. The lowest BCUT2D eigenvalue weighted by Crippen LogP contribution is -2.40. The summed E-state index contributed by atoms with van der Waals surface area (Å²) in [5.41, 5.74) is 0.236. The van der Waals surface area contributed by atoms with E-state index in [1.807, 2.05) is 0 Å². The average molecular weight is 412 g/mol. The zero-order valence-corrected chi connectivity index (χ0v) is 17.7. The maximum Gasteiger partial charge on any atom is 0.255 e. The van der Waals surface area contributed by atoms with E-state index in [0.717, 1.165) is 25.9 Å². The summed E-state index contributed by atoms with van der Waals surface area (Å²) in [5.74, 6) is -0.759. The fourth-order valence-electron chi connectivity index (χ4n) is 3.45. The van der Waals surface area contributed by atoms with E-state index in [1.165, 1.54) is 33.1 Å². The number of rotatable bonds is 8. The first-order chi connectivity index (χ1) is 13.2. The Morgan fingerprint density at radius 3 is 2.57 bits per heavy atom. The first kappa shape index (κ1) is 22.2. The number of amides is 2. The lowest BCUT2D eigenvalue weighted by Gasteiger charge is -2.23. The van der Waals surface area contributed by atoms with Crippen LogP contribution in [0.5, 0.6) is 5.75 Å². The van der Waals surface area contributed by atoms with Crippen molar-refractivity contribution in [2.75, 3.05) is 37.8 Å². The minimum absolute atomic E-state index is 0.0906. The second-order valence-electron chi connectivity index (χ2n) is 6.77. The molecule has 9 heteroatoms. The molecular weight excluding hydrogens is 382 g/mol. The van der Waals surface area contributed by atoms with Crippen molar-refractivity contribution in [3.8, 4) is 5.75 Å². The zero-order valence-electron chi connectivity index (χ0n) is 16.9. The Hall–Kier alpha value is -2.13. The van der Waals surface area contributed by atoms with Crippen molar-refractivity contribution >= 4 is 27.3 Å². The number of likely N-dealkylation sites (tertiary alicyclic amines) is 1. The maximum absolute atomic E-state index is 12.8. The molecule has 0 aromatic heterocycles. The van der Waals surface area contributed by atoms with Crippen LogP contribution in [0, 0.1) is 0 Å².